The van der Waals surface area contributed by atoms with Crippen molar-refractivity contribution in [3.05, 3.63) is 217 Å². The summed E-state index contributed by atoms with van der Waals surface area (Å²) >= 11 is 0. The number of hydrogen-bond acceptors (Lipinski definition) is 0. The number of rotatable bonds is 5. The average Bonchev–Trinajstić information content (AvgIpc) is 3.50. The first-order chi connectivity index (χ1) is 28.0. The zero-order chi connectivity index (χ0) is 38.1. The van der Waals surface area contributed by atoms with Crippen molar-refractivity contribution in [2.24, 2.45) is 0 Å². The standard InChI is InChI=1S/C57H40/c1-57(2)53-23-12-11-21-47(53)49-35-51-52(36-54(49)57)56(43-30-26-40(27-31-43)38-16-7-4-8-17-38)50-34-44(46-22-13-19-41-18-9-10-20-45(41)46)32-33-48(50)55(51)42-28-24-39(25-29-42)37-14-5-3-6-15-37/h3-36H,1-2H3. The lowest BCUT2D eigenvalue weighted by molar-refractivity contribution is 0.661. The Kier molecular flexibility index (Phi) is 7.63. The molecule has 0 saturated heterocycles. The summed E-state index contributed by atoms with van der Waals surface area (Å²) in [6.07, 6.45) is 0. The van der Waals surface area contributed by atoms with Crippen molar-refractivity contribution in [3.63, 3.8) is 0 Å². The topological polar surface area (TPSA) is 0 Å². The molecule has 57 heavy (non-hydrogen) atoms. The van der Waals surface area contributed by atoms with Crippen LogP contribution in [0.2, 0.25) is 0 Å². The normalized spacial score (nSPS) is 12.9. The van der Waals surface area contributed by atoms with E-state index in [4.69, 9.17) is 0 Å². The van der Waals surface area contributed by atoms with Crippen LogP contribution in [0, 0.1) is 0 Å². The van der Waals surface area contributed by atoms with Crippen LogP contribution in [0.25, 0.3) is 99.1 Å². The van der Waals surface area contributed by atoms with Crippen LogP contribution in [0.4, 0.5) is 0 Å². The van der Waals surface area contributed by atoms with Gasteiger partial charge >= 0.3 is 0 Å². The molecule has 10 aromatic carbocycles. The van der Waals surface area contributed by atoms with Crippen LogP contribution in [0.1, 0.15) is 25.0 Å². The van der Waals surface area contributed by atoms with Gasteiger partial charge in [-0.25, -0.2) is 0 Å². The van der Waals surface area contributed by atoms with E-state index in [1.54, 1.807) is 0 Å². The Balaban J connectivity index is 1.25. The lowest BCUT2D eigenvalue weighted by Gasteiger charge is -2.24. The van der Waals surface area contributed by atoms with Gasteiger partial charge in [-0.05, 0) is 128 Å². The highest BCUT2D eigenvalue weighted by molar-refractivity contribution is 6.23. The fourth-order valence-electron chi connectivity index (χ4n) is 9.61. The van der Waals surface area contributed by atoms with Gasteiger partial charge in [0, 0.05) is 5.41 Å². The molecule has 0 saturated carbocycles. The second kappa shape index (κ2) is 13.0. The fourth-order valence-corrected chi connectivity index (χ4v) is 9.61. The zero-order valence-corrected chi connectivity index (χ0v) is 32.1. The van der Waals surface area contributed by atoms with Gasteiger partial charge in [-0.15, -0.1) is 0 Å². The molecular weight excluding hydrogens is 685 g/mol. The van der Waals surface area contributed by atoms with Gasteiger partial charge in [-0.2, -0.15) is 0 Å². The summed E-state index contributed by atoms with van der Waals surface area (Å²) in [6, 6.07) is 76.5. The van der Waals surface area contributed by atoms with Crippen molar-refractivity contribution in [1.82, 2.24) is 0 Å². The summed E-state index contributed by atoms with van der Waals surface area (Å²) in [7, 11) is 0. The minimum Gasteiger partial charge on any atom is -0.0622 e. The smallest absolute Gasteiger partial charge is 0.0159 e. The Morgan fingerprint density at radius 3 is 1.42 bits per heavy atom. The predicted octanol–water partition coefficient (Wildman–Crippen LogP) is 15.8. The molecule has 0 atom stereocenters. The molecule has 0 spiro atoms. The van der Waals surface area contributed by atoms with Gasteiger partial charge in [0.15, 0.2) is 0 Å². The maximum Gasteiger partial charge on any atom is 0.0159 e. The van der Waals surface area contributed by atoms with E-state index < -0.39 is 0 Å². The van der Waals surface area contributed by atoms with E-state index in [0.717, 1.165) is 0 Å². The molecule has 0 nitrogen and oxygen atoms in total. The van der Waals surface area contributed by atoms with Gasteiger partial charge in [0.05, 0.1) is 0 Å². The summed E-state index contributed by atoms with van der Waals surface area (Å²) in [5.74, 6) is 0. The first-order valence-corrected chi connectivity index (χ1v) is 20.0. The van der Waals surface area contributed by atoms with Gasteiger partial charge < -0.3 is 0 Å². The third kappa shape index (κ3) is 5.36. The minimum absolute atomic E-state index is 0.133. The Morgan fingerprint density at radius 1 is 0.263 bits per heavy atom. The maximum atomic E-state index is 2.54. The summed E-state index contributed by atoms with van der Waals surface area (Å²) in [5.41, 5.74) is 17.7. The highest BCUT2D eigenvalue weighted by Crippen LogP contribution is 2.53. The largest absolute Gasteiger partial charge is 0.0622 e. The molecule has 0 heterocycles. The minimum atomic E-state index is -0.133. The van der Waals surface area contributed by atoms with Crippen molar-refractivity contribution < 1.29 is 0 Å². The lowest BCUT2D eigenvalue weighted by atomic mass is 9.79. The van der Waals surface area contributed by atoms with Crippen LogP contribution in [0.5, 0.6) is 0 Å². The summed E-state index contributed by atoms with van der Waals surface area (Å²) in [5, 5.41) is 7.60. The van der Waals surface area contributed by atoms with Crippen molar-refractivity contribution in [2.75, 3.05) is 0 Å². The van der Waals surface area contributed by atoms with E-state index in [0.29, 0.717) is 0 Å². The third-order valence-corrected chi connectivity index (χ3v) is 12.5. The Morgan fingerprint density at radius 2 is 0.737 bits per heavy atom. The molecule has 0 N–H and O–H groups in total. The first-order valence-electron chi connectivity index (χ1n) is 20.0. The quantitative estimate of drug-likeness (QED) is 0.155. The second-order valence-corrected chi connectivity index (χ2v) is 16.0. The van der Waals surface area contributed by atoms with Gasteiger partial charge in [0.1, 0.15) is 0 Å². The van der Waals surface area contributed by atoms with Gasteiger partial charge in [-0.3, -0.25) is 0 Å². The van der Waals surface area contributed by atoms with Gasteiger partial charge in [0.25, 0.3) is 0 Å². The summed E-state index contributed by atoms with van der Waals surface area (Å²) < 4.78 is 0. The molecule has 0 aromatic heterocycles. The first kappa shape index (κ1) is 33.3. The molecular formula is C57H40. The van der Waals surface area contributed by atoms with Crippen LogP contribution in [0.15, 0.2) is 206 Å². The van der Waals surface area contributed by atoms with Crippen molar-refractivity contribution >= 4 is 32.3 Å². The van der Waals surface area contributed by atoms with Gasteiger partial charge in [0.2, 0.25) is 0 Å². The molecule has 1 aliphatic carbocycles. The monoisotopic (exact) mass is 724 g/mol. The van der Waals surface area contributed by atoms with Crippen molar-refractivity contribution in [3.8, 4) is 66.8 Å². The van der Waals surface area contributed by atoms with Gasteiger partial charge in [-0.1, -0.05) is 202 Å². The molecule has 0 aliphatic heterocycles. The second-order valence-electron chi connectivity index (χ2n) is 16.0. The van der Waals surface area contributed by atoms with E-state index >= 15 is 0 Å². The SMILES string of the molecule is CC1(C)c2ccccc2-c2cc3c(-c4ccc(-c5ccccc5)cc4)c4ccc(-c5cccc6ccccc56)cc4c(-c4ccc(-c5ccccc5)cc4)c3cc21. The highest BCUT2D eigenvalue weighted by Gasteiger charge is 2.36. The molecule has 0 unspecified atom stereocenters. The molecule has 10 aromatic rings. The molecule has 0 radical (unpaired) electrons. The Bertz CT molecular complexity index is 3140. The van der Waals surface area contributed by atoms with E-state index in [2.05, 4.69) is 220 Å². The van der Waals surface area contributed by atoms with Crippen molar-refractivity contribution in [1.29, 1.82) is 0 Å². The number of fused-ring (bicyclic) bond motifs is 6. The number of hydrogen-bond donors (Lipinski definition) is 0. The predicted molar refractivity (Wildman–Crippen MR) is 244 cm³/mol. The van der Waals surface area contributed by atoms with Crippen LogP contribution >= 0.6 is 0 Å². The van der Waals surface area contributed by atoms with E-state index in [1.165, 1.54) is 110 Å². The molecule has 0 bridgehead atoms. The summed E-state index contributed by atoms with van der Waals surface area (Å²) in [4.78, 5) is 0. The highest BCUT2D eigenvalue weighted by atomic mass is 14.4. The number of benzene rings is 10. The Hall–Kier alpha value is -7.02. The van der Waals surface area contributed by atoms with Crippen molar-refractivity contribution in [2.45, 2.75) is 19.3 Å². The molecule has 0 amide bonds. The van der Waals surface area contributed by atoms with E-state index in [9.17, 15) is 0 Å². The molecule has 1 aliphatic rings. The lowest BCUT2D eigenvalue weighted by Crippen LogP contribution is -2.14. The Labute approximate surface area is 334 Å². The van der Waals surface area contributed by atoms with E-state index in [1.807, 2.05) is 0 Å². The third-order valence-electron chi connectivity index (χ3n) is 12.5. The van der Waals surface area contributed by atoms with Crippen LogP contribution < -0.4 is 0 Å². The van der Waals surface area contributed by atoms with E-state index in [-0.39, 0.29) is 5.41 Å². The molecule has 268 valence electrons. The molecule has 0 heteroatoms. The average molecular weight is 725 g/mol. The maximum absolute atomic E-state index is 2.54. The van der Waals surface area contributed by atoms with Crippen LogP contribution in [0.3, 0.4) is 0 Å². The summed E-state index contributed by atoms with van der Waals surface area (Å²) in [6.45, 7) is 4.78. The van der Waals surface area contributed by atoms with Crippen LogP contribution in [-0.2, 0) is 5.41 Å². The molecule has 0 fully saturated rings. The van der Waals surface area contributed by atoms with Crippen LogP contribution in [-0.4, -0.2) is 0 Å². The molecule has 11 rings (SSSR count). The fraction of sp³-hybridized carbons (Fsp3) is 0.0526. The zero-order valence-electron chi connectivity index (χ0n) is 32.1.